The van der Waals surface area contributed by atoms with E-state index in [2.05, 4.69) is 23.2 Å². The maximum atomic E-state index is 12.8. The number of rotatable bonds is 3. The summed E-state index contributed by atoms with van der Waals surface area (Å²) in [6.45, 7) is 2.10. The first-order valence-corrected chi connectivity index (χ1v) is 8.96. The minimum atomic E-state index is 0.118. The zero-order valence-electron chi connectivity index (χ0n) is 13.3. The van der Waals surface area contributed by atoms with Crippen molar-refractivity contribution in [1.82, 2.24) is 10.2 Å². The van der Waals surface area contributed by atoms with Crippen LogP contribution in [0.5, 0.6) is 0 Å². The SMILES string of the molecule is CC1Cc2ccccc2N1C(=O)CSc1nncc2ccccc12. The third-order valence-corrected chi connectivity index (χ3v) is 5.31. The van der Waals surface area contributed by atoms with Gasteiger partial charge >= 0.3 is 0 Å². The normalized spacial score (nSPS) is 16.4. The molecule has 0 spiro atoms. The molecule has 1 unspecified atom stereocenters. The van der Waals surface area contributed by atoms with E-state index in [1.165, 1.54) is 17.3 Å². The Bertz CT molecular complexity index is 907. The van der Waals surface area contributed by atoms with Gasteiger partial charge in [0.15, 0.2) is 0 Å². The lowest BCUT2D eigenvalue weighted by molar-refractivity contribution is -0.116. The number of para-hydroxylation sites is 1. The van der Waals surface area contributed by atoms with Gasteiger partial charge in [-0.1, -0.05) is 54.2 Å². The number of carbonyl (C=O) groups excluding carboxylic acids is 1. The number of carbonyl (C=O) groups is 1. The number of amides is 1. The van der Waals surface area contributed by atoms with Crippen LogP contribution in [0.25, 0.3) is 10.8 Å². The standard InChI is InChI=1S/C19H17N3OS/c1-13-10-14-6-3-5-9-17(14)22(13)18(23)12-24-19-16-8-4-2-7-15(16)11-20-21-19/h2-9,11,13H,10,12H2,1H3. The second-order valence-corrected chi connectivity index (χ2v) is 6.94. The van der Waals surface area contributed by atoms with E-state index in [9.17, 15) is 4.79 Å². The van der Waals surface area contributed by atoms with Crippen LogP contribution in [0.2, 0.25) is 0 Å². The maximum Gasteiger partial charge on any atom is 0.237 e. The van der Waals surface area contributed by atoms with E-state index in [1.54, 1.807) is 6.20 Å². The molecule has 4 nitrogen and oxygen atoms in total. The van der Waals surface area contributed by atoms with Crippen molar-refractivity contribution in [3.63, 3.8) is 0 Å². The number of anilines is 1. The number of hydrogen-bond acceptors (Lipinski definition) is 4. The van der Waals surface area contributed by atoms with Crippen molar-refractivity contribution < 1.29 is 4.79 Å². The van der Waals surface area contributed by atoms with Gasteiger partial charge in [0.2, 0.25) is 5.91 Å². The van der Waals surface area contributed by atoms with E-state index in [1.807, 2.05) is 47.4 Å². The Morgan fingerprint density at radius 2 is 2.00 bits per heavy atom. The molecule has 0 saturated carbocycles. The van der Waals surface area contributed by atoms with E-state index in [4.69, 9.17) is 0 Å². The zero-order valence-corrected chi connectivity index (χ0v) is 14.2. The third-order valence-electron chi connectivity index (χ3n) is 4.34. The van der Waals surface area contributed by atoms with E-state index in [0.717, 1.165) is 27.9 Å². The lowest BCUT2D eigenvalue weighted by Gasteiger charge is -2.22. The molecule has 4 rings (SSSR count). The van der Waals surface area contributed by atoms with Gasteiger partial charge in [0.1, 0.15) is 5.03 Å². The minimum absolute atomic E-state index is 0.118. The monoisotopic (exact) mass is 335 g/mol. The molecular weight excluding hydrogens is 318 g/mol. The molecule has 2 aromatic carbocycles. The number of aromatic nitrogens is 2. The van der Waals surface area contributed by atoms with Crippen LogP contribution in [0.15, 0.2) is 59.8 Å². The Hall–Kier alpha value is -2.40. The predicted molar refractivity (Wildman–Crippen MR) is 97.4 cm³/mol. The molecule has 5 heteroatoms. The fraction of sp³-hybridized carbons (Fsp3) is 0.211. The summed E-state index contributed by atoms with van der Waals surface area (Å²) in [7, 11) is 0. The highest BCUT2D eigenvalue weighted by atomic mass is 32.2. The first-order valence-electron chi connectivity index (χ1n) is 7.97. The molecule has 3 aromatic rings. The summed E-state index contributed by atoms with van der Waals surface area (Å²) in [5.41, 5.74) is 2.29. The molecule has 0 N–H and O–H groups in total. The van der Waals surface area contributed by atoms with Gasteiger partial charge < -0.3 is 4.90 Å². The highest BCUT2D eigenvalue weighted by Crippen LogP contribution is 2.33. The van der Waals surface area contributed by atoms with E-state index in [-0.39, 0.29) is 11.9 Å². The van der Waals surface area contributed by atoms with Gasteiger partial charge in [-0.05, 0) is 25.0 Å². The first kappa shape index (κ1) is 15.1. The highest BCUT2D eigenvalue weighted by Gasteiger charge is 2.30. The van der Waals surface area contributed by atoms with Crippen molar-refractivity contribution >= 4 is 34.1 Å². The van der Waals surface area contributed by atoms with Crippen molar-refractivity contribution in [3.05, 3.63) is 60.3 Å². The number of thioether (sulfide) groups is 1. The second-order valence-electron chi connectivity index (χ2n) is 5.97. The molecule has 0 saturated heterocycles. The number of hydrogen-bond donors (Lipinski definition) is 0. The Kier molecular flexibility index (Phi) is 3.94. The molecule has 1 amide bonds. The highest BCUT2D eigenvalue weighted by molar-refractivity contribution is 8.00. The van der Waals surface area contributed by atoms with Gasteiger partial charge in [0.05, 0.1) is 11.9 Å². The quantitative estimate of drug-likeness (QED) is 0.685. The van der Waals surface area contributed by atoms with Gasteiger partial charge in [0, 0.05) is 22.5 Å². The molecule has 0 bridgehead atoms. The summed E-state index contributed by atoms with van der Waals surface area (Å²) in [5, 5.41) is 11.1. The number of fused-ring (bicyclic) bond motifs is 2. The van der Waals surface area contributed by atoms with E-state index >= 15 is 0 Å². The van der Waals surface area contributed by atoms with Crippen LogP contribution in [0.1, 0.15) is 12.5 Å². The van der Waals surface area contributed by atoms with Gasteiger partial charge in [-0.3, -0.25) is 4.79 Å². The Morgan fingerprint density at radius 3 is 2.92 bits per heavy atom. The van der Waals surface area contributed by atoms with Gasteiger partial charge in [-0.25, -0.2) is 0 Å². The largest absolute Gasteiger partial charge is 0.308 e. The summed E-state index contributed by atoms with van der Waals surface area (Å²) in [4.78, 5) is 14.7. The average Bonchev–Trinajstić information content (AvgIpc) is 2.95. The summed E-state index contributed by atoms with van der Waals surface area (Å²) in [5.74, 6) is 0.480. The fourth-order valence-corrected chi connectivity index (χ4v) is 4.10. The number of benzene rings is 2. The lowest BCUT2D eigenvalue weighted by atomic mass is 10.1. The molecule has 1 aliphatic heterocycles. The zero-order chi connectivity index (χ0) is 16.5. The van der Waals surface area contributed by atoms with E-state index < -0.39 is 0 Å². The van der Waals surface area contributed by atoms with Crippen molar-refractivity contribution in [1.29, 1.82) is 0 Å². The van der Waals surface area contributed by atoms with Gasteiger partial charge in [-0.2, -0.15) is 5.10 Å². The summed E-state index contributed by atoms with van der Waals surface area (Å²) in [6, 6.07) is 16.3. The molecule has 1 aromatic heterocycles. The van der Waals surface area contributed by atoms with Crippen LogP contribution in [0, 0.1) is 0 Å². The summed E-state index contributed by atoms with van der Waals surface area (Å²) in [6.07, 6.45) is 2.67. The molecule has 0 aliphatic carbocycles. The molecular formula is C19H17N3OS. The van der Waals surface area contributed by atoms with Crippen LogP contribution in [0.3, 0.4) is 0 Å². The average molecular weight is 335 g/mol. The van der Waals surface area contributed by atoms with Crippen molar-refractivity contribution in [3.8, 4) is 0 Å². The first-order chi connectivity index (χ1) is 11.7. The van der Waals surface area contributed by atoms with Crippen LogP contribution >= 0.6 is 11.8 Å². The van der Waals surface area contributed by atoms with Gasteiger partial charge in [0.25, 0.3) is 0 Å². The smallest absolute Gasteiger partial charge is 0.237 e. The molecule has 0 radical (unpaired) electrons. The molecule has 2 heterocycles. The lowest BCUT2D eigenvalue weighted by Crippen LogP contribution is -2.37. The van der Waals surface area contributed by atoms with Crippen molar-refractivity contribution in [2.75, 3.05) is 10.7 Å². The second kappa shape index (κ2) is 6.24. The van der Waals surface area contributed by atoms with Crippen LogP contribution in [-0.4, -0.2) is 27.9 Å². The van der Waals surface area contributed by atoms with Crippen LogP contribution in [-0.2, 0) is 11.2 Å². The Labute approximate surface area is 144 Å². The third kappa shape index (κ3) is 2.65. The van der Waals surface area contributed by atoms with E-state index in [0.29, 0.717) is 5.75 Å². The predicted octanol–water partition coefficient (Wildman–Crippen LogP) is 3.70. The van der Waals surface area contributed by atoms with Crippen molar-refractivity contribution in [2.24, 2.45) is 0 Å². The fourth-order valence-electron chi connectivity index (χ4n) is 3.25. The molecule has 1 atom stereocenters. The molecule has 1 aliphatic rings. The summed E-state index contributed by atoms with van der Waals surface area (Å²) < 4.78 is 0. The number of nitrogens with zero attached hydrogens (tertiary/aromatic N) is 3. The molecule has 24 heavy (non-hydrogen) atoms. The summed E-state index contributed by atoms with van der Waals surface area (Å²) >= 11 is 1.46. The van der Waals surface area contributed by atoms with Crippen molar-refractivity contribution in [2.45, 2.75) is 24.4 Å². The van der Waals surface area contributed by atoms with Crippen LogP contribution in [0.4, 0.5) is 5.69 Å². The molecule has 120 valence electrons. The Balaban J connectivity index is 1.55. The minimum Gasteiger partial charge on any atom is -0.308 e. The van der Waals surface area contributed by atoms with Crippen LogP contribution < -0.4 is 4.90 Å². The van der Waals surface area contributed by atoms with Gasteiger partial charge in [-0.15, -0.1) is 5.10 Å². The topological polar surface area (TPSA) is 46.1 Å². The Morgan fingerprint density at radius 1 is 1.21 bits per heavy atom. The molecule has 0 fully saturated rings. The maximum absolute atomic E-state index is 12.8.